The molecule has 0 spiro atoms. The van der Waals surface area contributed by atoms with Gasteiger partial charge >= 0.3 is 0 Å². The van der Waals surface area contributed by atoms with E-state index in [4.69, 9.17) is 0 Å². The minimum absolute atomic E-state index is 0.0532. The van der Waals surface area contributed by atoms with Crippen molar-refractivity contribution in [2.45, 2.75) is 410 Å². The molecular weight excluding hydrogens is 1060 g/mol. The molecule has 10 heteroatoms. The van der Waals surface area contributed by atoms with Crippen LogP contribution >= 0.6 is 0 Å². The number of hydrogen-bond donors (Lipinski definition) is 6. The Kier molecular flexibility index (Phi) is 56.5. The van der Waals surface area contributed by atoms with E-state index >= 15 is 0 Å². The molecular formula is C75H138O10. The summed E-state index contributed by atoms with van der Waals surface area (Å²) in [5, 5.41) is 66.7. The third-order valence-electron chi connectivity index (χ3n) is 17.9. The molecule has 85 heavy (non-hydrogen) atoms. The maximum Gasteiger partial charge on any atom is 0.219 e. The first-order valence-electron chi connectivity index (χ1n) is 36.5. The smallest absolute Gasteiger partial charge is 0.219 e. The van der Waals surface area contributed by atoms with Crippen molar-refractivity contribution in [1.29, 1.82) is 0 Å². The molecule has 498 valence electrons. The molecule has 0 aromatic carbocycles. The van der Waals surface area contributed by atoms with Gasteiger partial charge in [0.05, 0.1) is 18.8 Å². The van der Waals surface area contributed by atoms with Crippen LogP contribution in [0.15, 0.2) is 36.5 Å². The summed E-state index contributed by atoms with van der Waals surface area (Å²) in [6, 6.07) is 0. The normalized spacial score (nSPS) is 15.0. The number of aliphatic hydroxyl groups excluding tert-OH is 3. The van der Waals surface area contributed by atoms with Gasteiger partial charge in [-0.25, -0.2) is 0 Å². The van der Waals surface area contributed by atoms with Crippen molar-refractivity contribution in [3.05, 3.63) is 36.5 Å². The van der Waals surface area contributed by atoms with Crippen molar-refractivity contribution in [2.24, 2.45) is 0 Å². The van der Waals surface area contributed by atoms with Crippen LogP contribution in [0.2, 0.25) is 0 Å². The van der Waals surface area contributed by atoms with Crippen LogP contribution in [0.4, 0.5) is 0 Å². The fourth-order valence-corrected chi connectivity index (χ4v) is 11.9. The van der Waals surface area contributed by atoms with Gasteiger partial charge in [-0.1, -0.05) is 289 Å². The van der Waals surface area contributed by atoms with Gasteiger partial charge in [0.15, 0.2) is 28.7 Å². The molecule has 2 unspecified atom stereocenters. The predicted molar refractivity (Wildman–Crippen MR) is 358 cm³/mol. The number of hydrogen-bond acceptors (Lipinski definition) is 10. The Balaban J connectivity index is 5.20. The maximum atomic E-state index is 14.0. The Hall–Kier alpha value is -2.34. The molecule has 5 atom stereocenters. The van der Waals surface area contributed by atoms with Crippen molar-refractivity contribution in [3.8, 4) is 0 Å². The Morgan fingerprint density at radius 1 is 0.329 bits per heavy atom. The number of Topliss-reactive ketones (excluding diaryl/α,β-unsaturated/α-hetero) is 4. The second-order valence-electron chi connectivity index (χ2n) is 26.0. The fraction of sp³-hybridized carbons (Fsp3) is 0.867. The highest BCUT2D eigenvalue weighted by atomic mass is 16.4. The van der Waals surface area contributed by atoms with Gasteiger partial charge in [0, 0.05) is 32.1 Å². The minimum atomic E-state index is -3.02. The van der Waals surface area contributed by atoms with Crippen LogP contribution in [-0.2, 0) is 19.2 Å². The van der Waals surface area contributed by atoms with Crippen molar-refractivity contribution in [1.82, 2.24) is 0 Å². The first-order valence-corrected chi connectivity index (χ1v) is 36.5. The quantitative estimate of drug-likeness (QED) is 0.0194. The second-order valence-corrected chi connectivity index (χ2v) is 26.0. The third-order valence-corrected chi connectivity index (χ3v) is 17.9. The van der Waals surface area contributed by atoms with E-state index in [0.29, 0.717) is 57.8 Å². The van der Waals surface area contributed by atoms with Crippen molar-refractivity contribution < 1.29 is 49.8 Å². The van der Waals surface area contributed by atoms with E-state index in [1.54, 1.807) is 0 Å². The molecule has 0 heterocycles. The molecule has 0 rings (SSSR count). The molecule has 0 aromatic heterocycles. The number of carbonyl (C=O) groups excluding carboxylic acids is 4. The van der Waals surface area contributed by atoms with Crippen LogP contribution in [0.3, 0.4) is 0 Å². The van der Waals surface area contributed by atoms with E-state index in [1.165, 1.54) is 96.3 Å². The maximum absolute atomic E-state index is 14.0. The van der Waals surface area contributed by atoms with E-state index in [1.807, 2.05) is 6.08 Å². The van der Waals surface area contributed by atoms with Crippen LogP contribution in [0.5, 0.6) is 0 Å². The summed E-state index contributed by atoms with van der Waals surface area (Å²) in [6.07, 6.45) is 61.5. The first kappa shape index (κ1) is 82.7. The Bertz CT molecular complexity index is 1660. The van der Waals surface area contributed by atoms with Crippen LogP contribution in [0.25, 0.3) is 0 Å². The van der Waals surface area contributed by atoms with Crippen LogP contribution < -0.4 is 0 Å². The molecule has 0 fully saturated rings. The Labute approximate surface area is 523 Å². The van der Waals surface area contributed by atoms with Gasteiger partial charge in [-0.2, -0.15) is 0 Å². The molecule has 0 amide bonds. The molecule has 0 bridgehead atoms. The summed E-state index contributed by atoms with van der Waals surface area (Å²) >= 11 is 0. The Morgan fingerprint density at radius 2 is 0.612 bits per heavy atom. The molecule has 0 aliphatic heterocycles. The largest absolute Gasteiger partial charge is 0.393 e. The van der Waals surface area contributed by atoms with Crippen LogP contribution in [0, 0.1) is 0 Å². The van der Waals surface area contributed by atoms with Crippen molar-refractivity contribution in [2.75, 3.05) is 6.61 Å². The van der Waals surface area contributed by atoms with E-state index in [0.717, 1.165) is 180 Å². The number of allylic oxidation sites excluding steroid dienone is 3. The standard InChI is InChI=1S/C75H138O10/c1-5-9-13-17-18-19-20-21-22-23-24-25-36-43-52-62-71(81)75(85,72(82)63-53-44-37-29-27-33-40-49-59-68(78)57-47-15-11-7-3)74(84,66-76)70(80)61-51-42-35-30-31-38-45-55-65-73(83,64-54-16-12-8-4)69(79)60-50-41-34-28-26-32-39-48-58-67(77)56-46-14-10-6-2/h39-40,45,48-49,55,67-68,76-78,83-85H,5-38,41-44,46-47,50-54,56-66H2,1-4H3/b48-39-,49-40-,55-45-/t67-,68-,73-,74?,75?/m1/s1. The molecule has 0 saturated heterocycles. The number of rotatable bonds is 67. The summed E-state index contributed by atoms with van der Waals surface area (Å²) in [5.74, 6) is -2.71. The summed E-state index contributed by atoms with van der Waals surface area (Å²) in [7, 11) is 0. The number of unbranched alkanes of at least 4 members (excludes halogenated alkanes) is 38. The highest BCUT2D eigenvalue weighted by molar-refractivity contribution is 6.16. The lowest BCUT2D eigenvalue weighted by atomic mass is 9.71. The van der Waals surface area contributed by atoms with Gasteiger partial charge in [-0.3, -0.25) is 19.2 Å². The molecule has 0 aliphatic carbocycles. The zero-order valence-corrected chi connectivity index (χ0v) is 56.0. The highest BCUT2D eigenvalue weighted by Crippen LogP contribution is 2.33. The third kappa shape index (κ3) is 43.1. The lowest BCUT2D eigenvalue weighted by Crippen LogP contribution is -2.69. The molecule has 0 aliphatic rings. The summed E-state index contributed by atoms with van der Waals surface area (Å²) in [5.41, 5.74) is -7.28. The van der Waals surface area contributed by atoms with Gasteiger partial charge in [0.1, 0.15) is 5.60 Å². The molecule has 10 nitrogen and oxygen atoms in total. The molecule has 6 N–H and O–H groups in total. The van der Waals surface area contributed by atoms with Gasteiger partial charge in [-0.15, -0.1) is 0 Å². The fourth-order valence-electron chi connectivity index (χ4n) is 11.9. The number of aliphatic hydroxyl groups is 6. The monoisotopic (exact) mass is 1200 g/mol. The van der Waals surface area contributed by atoms with Gasteiger partial charge in [0.2, 0.25) is 5.60 Å². The van der Waals surface area contributed by atoms with E-state index in [-0.39, 0.29) is 37.3 Å². The van der Waals surface area contributed by atoms with Crippen LogP contribution in [-0.4, -0.2) is 89.4 Å². The van der Waals surface area contributed by atoms with E-state index in [9.17, 15) is 49.8 Å². The molecule has 0 aromatic rings. The average Bonchev–Trinajstić information content (AvgIpc) is 1.97. The average molecular weight is 1200 g/mol. The first-order chi connectivity index (χ1) is 41.2. The summed E-state index contributed by atoms with van der Waals surface area (Å²) in [4.78, 5) is 55.3. The lowest BCUT2D eigenvalue weighted by molar-refractivity contribution is -0.194. The lowest BCUT2D eigenvalue weighted by Gasteiger charge is -2.39. The Morgan fingerprint density at radius 3 is 0.965 bits per heavy atom. The second kappa shape index (κ2) is 58.1. The molecule has 0 saturated carbocycles. The van der Waals surface area contributed by atoms with Gasteiger partial charge in [-0.05, 0) is 96.3 Å². The van der Waals surface area contributed by atoms with Crippen molar-refractivity contribution >= 4 is 23.1 Å². The molecule has 0 radical (unpaired) electrons. The summed E-state index contributed by atoms with van der Waals surface area (Å²) in [6.45, 7) is 7.56. The van der Waals surface area contributed by atoms with Crippen LogP contribution in [0.1, 0.15) is 381 Å². The predicted octanol–water partition coefficient (Wildman–Crippen LogP) is 19.4. The van der Waals surface area contributed by atoms with Gasteiger partial charge < -0.3 is 30.6 Å². The zero-order valence-electron chi connectivity index (χ0n) is 56.0. The van der Waals surface area contributed by atoms with E-state index in [2.05, 4.69) is 58.1 Å². The minimum Gasteiger partial charge on any atom is -0.393 e. The van der Waals surface area contributed by atoms with E-state index < -0.39 is 40.8 Å². The topological polar surface area (TPSA) is 190 Å². The zero-order chi connectivity index (χ0) is 62.8. The highest BCUT2D eigenvalue weighted by Gasteiger charge is 2.62. The number of carbonyl (C=O) groups is 4. The summed E-state index contributed by atoms with van der Waals surface area (Å²) < 4.78 is 0. The van der Waals surface area contributed by atoms with Crippen molar-refractivity contribution in [3.63, 3.8) is 0 Å². The number of ketones is 4. The SMILES string of the molecule is CCCCCCCCCCCCCCCCCC(=O)C(O)(C(=O)CCCCCCC/C=C\C[C@H](O)CCCCCC)C(O)(CO)C(=O)CCCCCCC/C=C\C[C@](O)(CCCCCC)C(=O)CCCCCCC/C=C\C[C@H](O)CCCCCC. The van der Waals surface area contributed by atoms with Gasteiger partial charge in [0.25, 0.3) is 0 Å².